The summed E-state index contributed by atoms with van der Waals surface area (Å²) in [6, 6.07) is 7.36. The van der Waals surface area contributed by atoms with Crippen LogP contribution in [-0.4, -0.2) is 47.8 Å². The third kappa shape index (κ3) is 4.36. The van der Waals surface area contributed by atoms with Crippen LogP contribution in [0.5, 0.6) is 0 Å². The van der Waals surface area contributed by atoms with E-state index in [2.05, 4.69) is 0 Å². The van der Waals surface area contributed by atoms with Crippen molar-refractivity contribution in [2.45, 2.75) is 25.7 Å². The van der Waals surface area contributed by atoms with Crippen LogP contribution in [0.4, 0.5) is 0 Å². The second kappa shape index (κ2) is 8.73. The summed E-state index contributed by atoms with van der Waals surface area (Å²) in [7, 11) is 0. The van der Waals surface area contributed by atoms with E-state index in [0.29, 0.717) is 44.8 Å². The average molecular weight is 328 g/mol. The number of likely N-dealkylation sites (tertiary alicyclic amines) is 1. The molecule has 2 amide bonds. The minimum Gasteiger partial charge on any atom is -0.459 e. The highest BCUT2D eigenvalue weighted by Crippen LogP contribution is 2.21. The van der Waals surface area contributed by atoms with Gasteiger partial charge >= 0.3 is 0 Å². The molecule has 2 heterocycles. The third-order valence-electron chi connectivity index (χ3n) is 4.16. The van der Waals surface area contributed by atoms with Gasteiger partial charge in [-0.25, -0.2) is 0 Å². The Hall–Kier alpha value is -2.80. The Bertz CT molecular complexity index is 616. The Morgan fingerprint density at radius 1 is 1.21 bits per heavy atom. The van der Waals surface area contributed by atoms with Crippen LogP contribution >= 0.6 is 0 Å². The number of rotatable bonds is 6. The zero-order valence-electron chi connectivity index (χ0n) is 13.5. The zero-order chi connectivity index (χ0) is 17.4. The van der Waals surface area contributed by atoms with Gasteiger partial charge in [0.1, 0.15) is 0 Å². The lowest BCUT2D eigenvalue weighted by Gasteiger charge is -2.33. The van der Waals surface area contributed by atoms with Crippen molar-refractivity contribution in [3.8, 4) is 12.1 Å². The maximum Gasteiger partial charge on any atom is 0.289 e. The van der Waals surface area contributed by atoms with Crippen molar-refractivity contribution in [2.24, 2.45) is 5.92 Å². The van der Waals surface area contributed by atoms with Gasteiger partial charge in [0.2, 0.25) is 5.91 Å². The van der Waals surface area contributed by atoms with Crippen LogP contribution in [0.1, 0.15) is 36.2 Å². The summed E-state index contributed by atoms with van der Waals surface area (Å²) >= 11 is 0. The highest BCUT2D eigenvalue weighted by Gasteiger charge is 2.31. The number of hydrogen-bond donors (Lipinski definition) is 0. The fraction of sp³-hybridized carbons (Fsp3) is 0.529. The van der Waals surface area contributed by atoms with Crippen molar-refractivity contribution in [3.05, 3.63) is 24.2 Å². The van der Waals surface area contributed by atoms with Crippen molar-refractivity contribution >= 4 is 11.8 Å². The van der Waals surface area contributed by atoms with Crippen LogP contribution in [0.25, 0.3) is 0 Å². The smallest absolute Gasteiger partial charge is 0.289 e. The fourth-order valence-corrected chi connectivity index (χ4v) is 2.85. The Morgan fingerprint density at radius 3 is 2.33 bits per heavy atom. The molecule has 0 spiro atoms. The molecule has 0 saturated carbocycles. The maximum absolute atomic E-state index is 12.6. The molecule has 2 rings (SSSR count). The molecule has 0 radical (unpaired) electrons. The van der Waals surface area contributed by atoms with Crippen molar-refractivity contribution in [1.82, 2.24) is 9.80 Å². The van der Waals surface area contributed by atoms with E-state index < -0.39 is 0 Å². The predicted molar refractivity (Wildman–Crippen MR) is 84.4 cm³/mol. The van der Waals surface area contributed by atoms with Crippen molar-refractivity contribution in [2.75, 3.05) is 26.2 Å². The van der Waals surface area contributed by atoms with Crippen LogP contribution in [-0.2, 0) is 4.79 Å². The molecule has 24 heavy (non-hydrogen) atoms. The molecule has 0 atom stereocenters. The largest absolute Gasteiger partial charge is 0.459 e. The van der Waals surface area contributed by atoms with Gasteiger partial charge in [0.05, 0.1) is 31.2 Å². The van der Waals surface area contributed by atoms with Crippen molar-refractivity contribution in [1.29, 1.82) is 10.5 Å². The minimum atomic E-state index is -0.164. The molecule has 7 heteroatoms. The maximum atomic E-state index is 12.6. The number of piperidine rings is 1. The van der Waals surface area contributed by atoms with Gasteiger partial charge in [0, 0.05) is 32.1 Å². The normalized spacial score (nSPS) is 14.7. The van der Waals surface area contributed by atoms with Gasteiger partial charge in [-0.15, -0.1) is 0 Å². The summed E-state index contributed by atoms with van der Waals surface area (Å²) in [5.74, 6) is -0.0326. The molecule has 1 aromatic rings. The molecule has 1 aromatic heterocycles. The second-order valence-electron chi connectivity index (χ2n) is 5.69. The molecular formula is C17H20N4O3. The first kappa shape index (κ1) is 17.6. The average Bonchev–Trinajstić information content (AvgIpc) is 3.15. The summed E-state index contributed by atoms with van der Waals surface area (Å²) in [5.41, 5.74) is 0. The number of amides is 2. The SMILES string of the molecule is N#CCCN(CCC#N)C(=O)C1CCN(C(=O)c2ccco2)CC1. The van der Waals surface area contributed by atoms with Crippen molar-refractivity contribution < 1.29 is 14.0 Å². The van der Waals surface area contributed by atoms with E-state index in [0.717, 1.165) is 0 Å². The molecule has 1 saturated heterocycles. The standard InChI is InChI=1S/C17H20N4O3/c18-7-2-9-20(10-3-8-19)16(22)14-5-11-21(12-6-14)17(23)15-4-1-13-24-15/h1,4,13-14H,2-3,5-6,9-12H2. The van der Waals surface area contributed by atoms with Gasteiger partial charge in [0.15, 0.2) is 5.76 Å². The van der Waals surface area contributed by atoms with Crippen LogP contribution in [0.2, 0.25) is 0 Å². The van der Waals surface area contributed by atoms with Gasteiger partial charge in [-0.3, -0.25) is 9.59 Å². The summed E-state index contributed by atoms with van der Waals surface area (Å²) in [6.45, 7) is 1.70. The van der Waals surface area contributed by atoms with Gasteiger partial charge in [-0.1, -0.05) is 0 Å². The van der Waals surface area contributed by atoms with Crippen molar-refractivity contribution in [3.63, 3.8) is 0 Å². The molecule has 1 aliphatic heterocycles. The molecule has 126 valence electrons. The van der Waals surface area contributed by atoms with Gasteiger partial charge < -0.3 is 14.2 Å². The Kier molecular flexibility index (Phi) is 6.39. The second-order valence-corrected chi connectivity index (χ2v) is 5.69. The number of carbonyl (C=O) groups is 2. The molecule has 0 bridgehead atoms. The van der Waals surface area contributed by atoms with E-state index in [1.54, 1.807) is 21.9 Å². The summed E-state index contributed by atoms with van der Waals surface area (Å²) in [6.07, 6.45) is 3.15. The Morgan fingerprint density at radius 2 is 1.83 bits per heavy atom. The lowest BCUT2D eigenvalue weighted by atomic mass is 9.95. The topological polar surface area (TPSA) is 101 Å². The third-order valence-corrected chi connectivity index (χ3v) is 4.16. The molecule has 1 aliphatic rings. The Balaban J connectivity index is 1.89. The van der Waals surface area contributed by atoms with E-state index in [4.69, 9.17) is 14.9 Å². The van der Waals surface area contributed by atoms with Crippen LogP contribution in [0.15, 0.2) is 22.8 Å². The quantitative estimate of drug-likeness (QED) is 0.792. The van der Waals surface area contributed by atoms with E-state index >= 15 is 0 Å². The fourth-order valence-electron chi connectivity index (χ4n) is 2.85. The van der Waals surface area contributed by atoms with Gasteiger partial charge in [-0.05, 0) is 25.0 Å². The number of nitriles is 2. The van der Waals surface area contributed by atoms with E-state index in [9.17, 15) is 9.59 Å². The number of carbonyl (C=O) groups excluding carboxylic acids is 2. The minimum absolute atomic E-state index is 0.0226. The van der Waals surface area contributed by atoms with E-state index in [1.807, 2.05) is 12.1 Å². The molecule has 0 aliphatic carbocycles. The van der Waals surface area contributed by atoms with E-state index in [1.165, 1.54) is 6.26 Å². The molecular weight excluding hydrogens is 308 g/mol. The monoisotopic (exact) mass is 328 g/mol. The lowest BCUT2D eigenvalue weighted by molar-refractivity contribution is -0.136. The molecule has 1 fully saturated rings. The highest BCUT2D eigenvalue weighted by atomic mass is 16.3. The first-order chi connectivity index (χ1) is 11.7. The van der Waals surface area contributed by atoms with Crippen LogP contribution in [0.3, 0.4) is 0 Å². The van der Waals surface area contributed by atoms with Gasteiger partial charge in [-0.2, -0.15) is 10.5 Å². The first-order valence-corrected chi connectivity index (χ1v) is 8.03. The first-order valence-electron chi connectivity index (χ1n) is 8.03. The van der Waals surface area contributed by atoms with Gasteiger partial charge in [0.25, 0.3) is 5.91 Å². The summed E-state index contributed by atoms with van der Waals surface area (Å²) in [4.78, 5) is 28.1. The van der Waals surface area contributed by atoms with Crippen LogP contribution < -0.4 is 0 Å². The molecule has 0 N–H and O–H groups in total. The molecule has 0 aromatic carbocycles. The number of nitrogens with zero attached hydrogens (tertiary/aromatic N) is 4. The number of hydrogen-bond acceptors (Lipinski definition) is 5. The molecule has 7 nitrogen and oxygen atoms in total. The summed E-state index contributed by atoms with van der Waals surface area (Å²) in [5, 5.41) is 17.4. The van der Waals surface area contributed by atoms with E-state index in [-0.39, 0.29) is 30.6 Å². The molecule has 0 unspecified atom stereocenters. The number of furan rings is 1. The lowest BCUT2D eigenvalue weighted by Crippen LogP contribution is -2.44. The van der Waals surface area contributed by atoms with Crippen LogP contribution in [0, 0.1) is 28.6 Å². The Labute approximate surface area is 141 Å². The summed E-state index contributed by atoms with van der Waals surface area (Å²) < 4.78 is 5.12. The highest BCUT2D eigenvalue weighted by molar-refractivity contribution is 5.91. The predicted octanol–water partition coefficient (Wildman–Crippen LogP) is 1.79. The zero-order valence-corrected chi connectivity index (χ0v) is 13.5.